The molecule has 1 aliphatic heterocycles. The molecule has 2 amide bonds. The van der Waals surface area contributed by atoms with E-state index in [9.17, 15) is 9.59 Å². The van der Waals surface area contributed by atoms with Crippen molar-refractivity contribution in [1.29, 1.82) is 0 Å². The van der Waals surface area contributed by atoms with Crippen molar-refractivity contribution in [3.63, 3.8) is 0 Å². The number of rotatable bonds is 5. The molecule has 4 nitrogen and oxygen atoms in total. The lowest BCUT2D eigenvalue weighted by molar-refractivity contribution is -0.142. The number of carbonyl (C=O) groups excluding carboxylic acids is 2. The summed E-state index contributed by atoms with van der Waals surface area (Å²) in [5, 5.41) is 0. The fraction of sp³-hybridized carbons (Fsp3) is 0.304. The highest BCUT2D eigenvalue weighted by atomic mass is 16.2. The van der Waals surface area contributed by atoms with Gasteiger partial charge in [-0.15, -0.1) is 0 Å². The first-order chi connectivity index (χ1) is 13.2. The lowest BCUT2D eigenvalue weighted by atomic mass is 9.85. The Bertz CT molecular complexity index is 782. The molecule has 4 heteroatoms. The predicted molar refractivity (Wildman–Crippen MR) is 105 cm³/mol. The van der Waals surface area contributed by atoms with Gasteiger partial charge >= 0.3 is 0 Å². The van der Waals surface area contributed by atoms with E-state index in [1.165, 1.54) is 4.90 Å². The minimum Gasteiger partial charge on any atom is -0.277 e. The molecule has 27 heavy (non-hydrogen) atoms. The van der Waals surface area contributed by atoms with Crippen LogP contribution in [0.3, 0.4) is 0 Å². The van der Waals surface area contributed by atoms with Crippen LogP contribution in [0.4, 0.5) is 0 Å². The fourth-order valence-electron chi connectivity index (χ4n) is 4.29. The minimum absolute atomic E-state index is 0.0197. The molecule has 1 aliphatic carbocycles. The van der Waals surface area contributed by atoms with E-state index in [0.29, 0.717) is 19.5 Å². The van der Waals surface area contributed by atoms with E-state index in [0.717, 1.165) is 11.1 Å². The van der Waals surface area contributed by atoms with Crippen molar-refractivity contribution < 1.29 is 9.59 Å². The number of benzene rings is 2. The Kier molecular flexibility index (Phi) is 4.90. The topological polar surface area (TPSA) is 40.6 Å². The Labute approximate surface area is 160 Å². The average Bonchev–Trinajstić information content (AvgIpc) is 2.95. The number of allylic oxidation sites excluding steroid dienone is 2. The second kappa shape index (κ2) is 7.49. The molecule has 0 saturated carbocycles. The third-order valence-corrected chi connectivity index (χ3v) is 5.63. The maximum Gasteiger partial charge on any atom is 0.234 e. The van der Waals surface area contributed by atoms with E-state index in [-0.39, 0.29) is 29.7 Å². The monoisotopic (exact) mass is 360 g/mol. The van der Waals surface area contributed by atoms with Crippen molar-refractivity contribution in [2.75, 3.05) is 13.7 Å². The van der Waals surface area contributed by atoms with Crippen LogP contribution in [0.25, 0.3) is 0 Å². The Morgan fingerprint density at radius 1 is 0.852 bits per heavy atom. The number of fused-ring (bicyclic) bond motifs is 1. The van der Waals surface area contributed by atoms with Crippen LogP contribution < -0.4 is 0 Å². The van der Waals surface area contributed by atoms with Gasteiger partial charge in [0.05, 0.1) is 24.5 Å². The molecule has 138 valence electrons. The standard InChI is InChI=1S/C23H24N2O2/c1-24(16-25-22(26)19-14-8-9-15-20(19)23(25)27)21(17-10-4-2-5-11-17)18-12-6-3-7-13-18/h2-13,19-21H,14-16H2,1H3/t19-,20-/m0/s1. The van der Waals surface area contributed by atoms with E-state index in [2.05, 4.69) is 29.2 Å². The number of hydrogen-bond donors (Lipinski definition) is 0. The Balaban J connectivity index is 1.60. The summed E-state index contributed by atoms with van der Waals surface area (Å²) in [5.74, 6) is -0.409. The number of hydrogen-bond acceptors (Lipinski definition) is 3. The van der Waals surface area contributed by atoms with Gasteiger partial charge < -0.3 is 0 Å². The summed E-state index contributed by atoms with van der Waals surface area (Å²) >= 11 is 0. The van der Waals surface area contributed by atoms with E-state index in [1.807, 2.05) is 55.6 Å². The molecule has 1 saturated heterocycles. The molecule has 0 spiro atoms. The van der Waals surface area contributed by atoms with Crippen LogP contribution in [0.15, 0.2) is 72.8 Å². The maximum absolute atomic E-state index is 12.8. The maximum atomic E-state index is 12.8. The normalized spacial score (nSPS) is 22.0. The van der Waals surface area contributed by atoms with Gasteiger partial charge in [0.1, 0.15) is 0 Å². The summed E-state index contributed by atoms with van der Waals surface area (Å²) in [6, 6.07) is 20.4. The van der Waals surface area contributed by atoms with Gasteiger partial charge in [0.2, 0.25) is 11.8 Å². The molecule has 0 unspecified atom stereocenters. The van der Waals surface area contributed by atoms with Crippen molar-refractivity contribution in [2.45, 2.75) is 18.9 Å². The molecule has 0 bridgehead atoms. The summed E-state index contributed by atoms with van der Waals surface area (Å²) < 4.78 is 0. The Morgan fingerprint density at radius 2 is 1.30 bits per heavy atom. The zero-order valence-electron chi connectivity index (χ0n) is 15.5. The molecule has 1 fully saturated rings. The molecule has 2 atom stereocenters. The van der Waals surface area contributed by atoms with Crippen LogP contribution in [-0.2, 0) is 9.59 Å². The van der Waals surface area contributed by atoms with Crippen LogP contribution in [0, 0.1) is 11.8 Å². The molecule has 0 aromatic heterocycles. The SMILES string of the molecule is CN(CN1C(=O)[C@H]2CC=CC[C@@H]2C1=O)C(c1ccccc1)c1ccccc1. The van der Waals surface area contributed by atoms with Gasteiger partial charge in [-0.25, -0.2) is 0 Å². The highest BCUT2D eigenvalue weighted by Gasteiger charge is 2.47. The van der Waals surface area contributed by atoms with E-state index < -0.39 is 0 Å². The van der Waals surface area contributed by atoms with Crippen molar-refractivity contribution >= 4 is 11.8 Å². The number of imide groups is 1. The van der Waals surface area contributed by atoms with Crippen LogP contribution >= 0.6 is 0 Å². The summed E-state index contributed by atoms with van der Waals surface area (Å²) in [7, 11) is 1.98. The van der Waals surface area contributed by atoms with E-state index in [4.69, 9.17) is 0 Å². The highest BCUT2D eigenvalue weighted by Crippen LogP contribution is 2.36. The zero-order valence-corrected chi connectivity index (χ0v) is 15.5. The van der Waals surface area contributed by atoms with Crippen LogP contribution in [0.1, 0.15) is 30.0 Å². The second-order valence-electron chi connectivity index (χ2n) is 7.38. The summed E-state index contributed by atoms with van der Waals surface area (Å²) in [5.41, 5.74) is 2.29. The molecular weight excluding hydrogens is 336 g/mol. The van der Waals surface area contributed by atoms with Crippen molar-refractivity contribution in [1.82, 2.24) is 9.80 Å². The summed E-state index contributed by atoms with van der Waals surface area (Å²) in [4.78, 5) is 29.2. The van der Waals surface area contributed by atoms with E-state index in [1.54, 1.807) is 0 Å². The van der Waals surface area contributed by atoms with Gasteiger partial charge in [-0.1, -0.05) is 72.8 Å². The third-order valence-electron chi connectivity index (χ3n) is 5.63. The van der Waals surface area contributed by atoms with Crippen LogP contribution in [0.2, 0.25) is 0 Å². The third kappa shape index (κ3) is 3.33. The first kappa shape index (κ1) is 17.7. The van der Waals surface area contributed by atoms with Crippen molar-refractivity contribution in [2.24, 2.45) is 11.8 Å². The number of likely N-dealkylation sites (tertiary alicyclic amines) is 1. The van der Waals surface area contributed by atoms with E-state index >= 15 is 0 Å². The Morgan fingerprint density at radius 3 is 1.74 bits per heavy atom. The molecule has 2 aromatic carbocycles. The first-order valence-electron chi connectivity index (χ1n) is 9.47. The van der Waals surface area contributed by atoms with Crippen LogP contribution in [-0.4, -0.2) is 35.3 Å². The smallest absolute Gasteiger partial charge is 0.234 e. The van der Waals surface area contributed by atoms with Crippen LogP contribution in [0.5, 0.6) is 0 Å². The van der Waals surface area contributed by atoms with Gasteiger partial charge in [0.15, 0.2) is 0 Å². The quantitative estimate of drug-likeness (QED) is 0.604. The Hall–Kier alpha value is -2.72. The predicted octanol–water partition coefficient (Wildman–Crippen LogP) is 3.62. The summed E-state index contributed by atoms with van der Waals surface area (Å²) in [6.07, 6.45) is 5.40. The van der Waals surface area contributed by atoms with Gasteiger partial charge in [-0.05, 0) is 31.0 Å². The van der Waals surface area contributed by atoms with Gasteiger partial charge in [-0.3, -0.25) is 19.4 Å². The minimum atomic E-state index is -0.178. The van der Waals surface area contributed by atoms with Gasteiger partial charge in [0, 0.05) is 0 Å². The number of nitrogens with zero attached hydrogens (tertiary/aromatic N) is 2. The molecule has 4 rings (SSSR count). The second-order valence-corrected chi connectivity index (χ2v) is 7.38. The van der Waals surface area contributed by atoms with Gasteiger partial charge in [-0.2, -0.15) is 0 Å². The molecule has 2 aliphatic rings. The first-order valence-corrected chi connectivity index (χ1v) is 9.47. The molecule has 0 radical (unpaired) electrons. The number of amides is 2. The molecule has 0 N–H and O–H groups in total. The number of carbonyl (C=O) groups is 2. The largest absolute Gasteiger partial charge is 0.277 e. The average molecular weight is 360 g/mol. The molecule has 1 heterocycles. The molecular formula is C23H24N2O2. The zero-order chi connectivity index (χ0) is 18.8. The van der Waals surface area contributed by atoms with Gasteiger partial charge in [0.25, 0.3) is 0 Å². The lowest BCUT2D eigenvalue weighted by Gasteiger charge is -2.32. The molecule has 2 aromatic rings. The highest BCUT2D eigenvalue weighted by molar-refractivity contribution is 6.05. The van der Waals surface area contributed by atoms with Crippen molar-refractivity contribution in [3.05, 3.63) is 83.9 Å². The fourth-order valence-corrected chi connectivity index (χ4v) is 4.29. The summed E-state index contributed by atoms with van der Waals surface area (Å²) in [6.45, 7) is 0.305. The van der Waals surface area contributed by atoms with Crippen molar-refractivity contribution in [3.8, 4) is 0 Å². The lowest BCUT2D eigenvalue weighted by Crippen LogP contribution is -2.42.